The number of alkyl carbamates (subject to hydrolysis) is 1. The number of nitrogens with zero attached hydrogens (tertiary/aromatic N) is 1. The van der Waals surface area contributed by atoms with Gasteiger partial charge in [0.2, 0.25) is 5.91 Å². The van der Waals surface area contributed by atoms with Crippen LogP contribution in [0, 0.1) is 6.92 Å². The summed E-state index contributed by atoms with van der Waals surface area (Å²) < 4.78 is 5.10. The van der Waals surface area contributed by atoms with E-state index in [1.807, 2.05) is 36.1 Å². The topological polar surface area (TPSA) is 87.7 Å². The molecule has 2 N–H and O–H groups in total. The summed E-state index contributed by atoms with van der Waals surface area (Å²) in [6.07, 6.45) is 0.766. The molecule has 1 aromatic rings. The van der Waals surface area contributed by atoms with Crippen LogP contribution < -0.4 is 10.6 Å². The molecule has 148 valence electrons. The van der Waals surface area contributed by atoms with E-state index in [0.717, 1.165) is 11.1 Å². The van der Waals surface area contributed by atoms with E-state index >= 15 is 0 Å². The molecule has 1 aromatic carbocycles. The number of aryl methyl sites for hydroxylation is 1. The number of amides is 3. The van der Waals surface area contributed by atoms with Gasteiger partial charge in [-0.2, -0.15) is 0 Å². The van der Waals surface area contributed by atoms with Gasteiger partial charge in [0, 0.05) is 24.7 Å². The molecule has 0 atom stereocenters. The summed E-state index contributed by atoms with van der Waals surface area (Å²) in [5.41, 5.74) is 1.09. The van der Waals surface area contributed by atoms with E-state index in [1.165, 1.54) is 0 Å². The number of carbonyl (C=O) groups excluding carboxylic acids is 3. The smallest absolute Gasteiger partial charge is 0.408 e. The van der Waals surface area contributed by atoms with Gasteiger partial charge in [0.15, 0.2) is 0 Å². The van der Waals surface area contributed by atoms with E-state index in [0.29, 0.717) is 25.9 Å². The normalized spacial score (nSPS) is 15.2. The molecule has 0 spiro atoms. The number of hydrogen-bond donors (Lipinski definition) is 2. The van der Waals surface area contributed by atoms with E-state index in [2.05, 4.69) is 10.6 Å². The summed E-state index contributed by atoms with van der Waals surface area (Å²) >= 11 is 0. The summed E-state index contributed by atoms with van der Waals surface area (Å²) in [5.74, 6) is -0.228. The zero-order chi connectivity index (χ0) is 20.0. The molecule has 1 aliphatic heterocycles. The maximum Gasteiger partial charge on any atom is 0.408 e. The minimum absolute atomic E-state index is 0.00106. The van der Waals surface area contributed by atoms with Gasteiger partial charge in [0.25, 0.3) is 5.91 Å². The Bertz CT molecular complexity index is 689. The van der Waals surface area contributed by atoms with Crippen LogP contribution in [0.5, 0.6) is 0 Å². The highest BCUT2D eigenvalue weighted by atomic mass is 16.6. The molecule has 3 amide bonds. The maximum absolute atomic E-state index is 12.6. The summed E-state index contributed by atoms with van der Waals surface area (Å²) in [4.78, 5) is 38.0. The Balaban J connectivity index is 1.74. The van der Waals surface area contributed by atoms with E-state index in [1.54, 1.807) is 20.8 Å². The summed E-state index contributed by atoms with van der Waals surface area (Å²) in [6, 6.07) is 7.55. The lowest BCUT2D eigenvalue weighted by atomic mass is 10.0. The molecule has 1 saturated heterocycles. The molecule has 7 heteroatoms. The highest BCUT2D eigenvalue weighted by Gasteiger charge is 2.25. The number of ether oxygens (including phenoxy) is 1. The molecule has 0 bridgehead atoms. The highest BCUT2D eigenvalue weighted by Crippen LogP contribution is 2.16. The van der Waals surface area contributed by atoms with Gasteiger partial charge in [-0.3, -0.25) is 9.59 Å². The molecule has 27 heavy (non-hydrogen) atoms. The first-order valence-corrected chi connectivity index (χ1v) is 9.27. The fourth-order valence-corrected chi connectivity index (χ4v) is 2.96. The van der Waals surface area contributed by atoms with Crippen molar-refractivity contribution in [2.75, 3.05) is 19.6 Å². The Hall–Kier alpha value is -2.57. The average molecular weight is 375 g/mol. The third-order valence-electron chi connectivity index (χ3n) is 4.31. The van der Waals surface area contributed by atoms with E-state index in [-0.39, 0.29) is 24.4 Å². The standard InChI is InChI=1S/C20H29N3O4/c1-14-7-5-6-8-16(14)18(25)23-11-9-15(10-12-23)22-17(24)13-21-19(26)27-20(2,3)4/h5-8,15H,9-13H2,1-4H3,(H,21,26)(H,22,24). The van der Waals surface area contributed by atoms with Gasteiger partial charge >= 0.3 is 6.09 Å². The van der Waals surface area contributed by atoms with Gasteiger partial charge in [0.05, 0.1) is 0 Å². The number of hydrogen-bond acceptors (Lipinski definition) is 4. The molecule has 2 rings (SSSR count). The molecule has 0 unspecified atom stereocenters. The first kappa shape index (κ1) is 20.7. The van der Waals surface area contributed by atoms with Crippen molar-refractivity contribution in [1.29, 1.82) is 0 Å². The first-order chi connectivity index (χ1) is 12.7. The maximum atomic E-state index is 12.6. The molecule has 0 aliphatic carbocycles. The van der Waals surface area contributed by atoms with Crippen molar-refractivity contribution >= 4 is 17.9 Å². The largest absolute Gasteiger partial charge is 0.444 e. The lowest BCUT2D eigenvalue weighted by molar-refractivity contribution is -0.121. The molecule has 1 aliphatic rings. The van der Waals surface area contributed by atoms with E-state index in [4.69, 9.17) is 4.74 Å². The predicted octanol–water partition coefficient (Wildman–Crippen LogP) is 2.24. The summed E-state index contributed by atoms with van der Waals surface area (Å²) in [5, 5.41) is 5.35. The van der Waals surface area contributed by atoms with Crippen molar-refractivity contribution in [3.63, 3.8) is 0 Å². The summed E-state index contributed by atoms with van der Waals surface area (Å²) in [6.45, 7) is 8.28. The Morgan fingerprint density at radius 3 is 2.37 bits per heavy atom. The van der Waals surface area contributed by atoms with E-state index < -0.39 is 11.7 Å². The zero-order valence-corrected chi connectivity index (χ0v) is 16.5. The number of nitrogens with one attached hydrogen (secondary N) is 2. The lowest BCUT2D eigenvalue weighted by Gasteiger charge is -2.32. The van der Waals surface area contributed by atoms with Crippen LogP contribution in [-0.2, 0) is 9.53 Å². The van der Waals surface area contributed by atoms with Crippen LogP contribution in [0.2, 0.25) is 0 Å². The number of piperidine rings is 1. The van der Waals surface area contributed by atoms with Crippen molar-refractivity contribution in [2.24, 2.45) is 0 Å². The third-order valence-corrected chi connectivity index (χ3v) is 4.31. The van der Waals surface area contributed by atoms with Crippen LogP contribution in [-0.4, -0.2) is 54.1 Å². The van der Waals surface area contributed by atoms with Crippen molar-refractivity contribution < 1.29 is 19.1 Å². The van der Waals surface area contributed by atoms with Gasteiger partial charge in [-0.1, -0.05) is 18.2 Å². The lowest BCUT2D eigenvalue weighted by Crippen LogP contribution is -2.49. The Morgan fingerprint density at radius 1 is 1.15 bits per heavy atom. The predicted molar refractivity (Wildman–Crippen MR) is 102 cm³/mol. The SMILES string of the molecule is Cc1ccccc1C(=O)N1CCC(NC(=O)CNC(=O)OC(C)(C)C)CC1. The molecular formula is C20H29N3O4. The summed E-state index contributed by atoms with van der Waals surface area (Å²) in [7, 11) is 0. The van der Waals surface area contributed by atoms with Gasteiger partial charge in [-0.25, -0.2) is 4.79 Å². The molecule has 1 heterocycles. The van der Waals surface area contributed by atoms with Crippen LogP contribution in [0.25, 0.3) is 0 Å². The van der Waals surface area contributed by atoms with Crippen LogP contribution in [0.3, 0.4) is 0 Å². The Morgan fingerprint density at radius 2 is 1.78 bits per heavy atom. The minimum Gasteiger partial charge on any atom is -0.444 e. The second-order valence-electron chi connectivity index (χ2n) is 7.80. The monoisotopic (exact) mass is 375 g/mol. The number of likely N-dealkylation sites (tertiary alicyclic amines) is 1. The number of carbonyl (C=O) groups is 3. The second-order valence-corrected chi connectivity index (χ2v) is 7.80. The van der Waals surface area contributed by atoms with Crippen LogP contribution in [0.15, 0.2) is 24.3 Å². The number of rotatable bonds is 4. The van der Waals surface area contributed by atoms with Crippen molar-refractivity contribution in [1.82, 2.24) is 15.5 Å². The molecule has 0 saturated carbocycles. The zero-order valence-electron chi connectivity index (χ0n) is 16.5. The quantitative estimate of drug-likeness (QED) is 0.845. The highest BCUT2D eigenvalue weighted by molar-refractivity contribution is 5.95. The Kier molecular flexibility index (Phi) is 6.82. The average Bonchev–Trinajstić information content (AvgIpc) is 2.59. The van der Waals surface area contributed by atoms with Crippen LogP contribution in [0.1, 0.15) is 49.5 Å². The second kappa shape index (κ2) is 8.88. The molecule has 1 fully saturated rings. The first-order valence-electron chi connectivity index (χ1n) is 9.27. The van der Waals surface area contributed by atoms with Gasteiger partial charge in [-0.05, 0) is 52.2 Å². The fourth-order valence-electron chi connectivity index (χ4n) is 2.96. The molecule has 7 nitrogen and oxygen atoms in total. The van der Waals surface area contributed by atoms with Crippen molar-refractivity contribution in [3.8, 4) is 0 Å². The minimum atomic E-state index is -0.615. The molecular weight excluding hydrogens is 346 g/mol. The molecule has 0 aromatic heterocycles. The van der Waals surface area contributed by atoms with Crippen molar-refractivity contribution in [2.45, 2.75) is 52.2 Å². The molecule has 0 radical (unpaired) electrons. The van der Waals surface area contributed by atoms with Gasteiger partial charge in [0.1, 0.15) is 12.1 Å². The number of benzene rings is 1. The van der Waals surface area contributed by atoms with Gasteiger partial charge in [-0.15, -0.1) is 0 Å². The third kappa shape index (κ3) is 6.58. The van der Waals surface area contributed by atoms with Crippen molar-refractivity contribution in [3.05, 3.63) is 35.4 Å². The van der Waals surface area contributed by atoms with E-state index in [9.17, 15) is 14.4 Å². The van der Waals surface area contributed by atoms with Crippen LogP contribution in [0.4, 0.5) is 4.79 Å². The Labute approximate surface area is 160 Å². The fraction of sp³-hybridized carbons (Fsp3) is 0.550. The van der Waals surface area contributed by atoms with Crippen LogP contribution >= 0.6 is 0 Å². The van der Waals surface area contributed by atoms with Gasteiger partial charge < -0.3 is 20.3 Å².